The Balaban J connectivity index is 1.72. The molecule has 1 atom stereocenters. The molecule has 1 saturated heterocycles. The highest BCUT2D eigenvalue weighted by atomic mass is 32.2. The number of rotatable bonds is 8. The Morgan fingerprint density at radius 3 is 2.36 bits per heavy atom. The molecule has 1 aliphatic heterocycles. The van der Waals surface area contributed by atoms with Gasteiger partial charge in [0.1, 0.15) is 6.04 Å². The lowest BCUT2D eigenvalue weighted by atomic mass is 10.1. The summed E-state index contributed by atoms with van der Waals surface area (Å²) in [7, 11) is -4.03. The molecule has 1 heterocycles. The van der Waals surface area contributed by atoms with Crippen LogP contribution in [-0.4, -0.2) is 44.6 Å². The fourth-order valence-corrected chi connectivity index (χ4v) is 5.17. The molecule has 1 amide bonds. The van der Waals surface area contributed by atoms with Gasteiger partial charge in [-0.25, -0.2) is 8.42 Å². The first-order valence-corrected chi connectivity index (χ1v) is 12.5. The number of alkyl halides is 3. The second-order valence-corrected chi connectivity index (χ2v) is 10.2. The van der Waals surface area contributed by atoms with Crippen LogP contribution in [0.2, 0.25) is 0 Å². The maximum Gasteiger partial charge on any atom is 0.416 e. The summed E-state index contributed by atoms with van der Waals surface area (Å²) in [5.41, 5.74) is 0.773. The van der Waals surface area contributed by atoms with Crippen LogP contribution in [0.5, 0.6) is 0 Å². The van der Waals surface area contributed by atoms with E-state index in [0.717, 1.165) is 55.2 Å². The highest BCUT2D eigenvalue weighted by Crippen LogP contribution is 2.32. The van der Waals surface area contributed by atoms with Gasteiger partial charge >= 0.3 is 6.18 Å². The number of sulfonamides is 1. The molecular formula is C23H28F3N3O3S. The van der Waals surface area contributed by atoms with Crippen LogP contribution in [0.25, 0.3) is 0 Å². The third-order valence-electron chi connectivity index (χ3n) is 5.58. The minimum atomic E-state index is -4.63. The van der Waals surface area contributed by atoms with Gasteiger partial charge in [-0.05, 0) is 62.2 Å². The highest BCUT2D eigenvalue weighted by molar-refractivity contribution is 7.92. The quantitative estimate of drug-likeness (QED) is 0.621. The van der Waals surface area contributed by atoms with Crippen molar-refractivity contribution in [2.75, 3.05) is 23.7 Å². The number of halogens is 3. The number of anilines is 1. The molecule has 1 N–H and O–H groups in total. The van der Waals surface area contributed by atoms with Gasteiger partial charge in [0.15, 0.2) is 0 Å². The molecule has 0 bridgehead atoms. The molecule has 0 spiro atoms. The molecule has 2 aromatic rings. The van der Waals surface area contributed by atoms with Crippen molar-refractivity contribution in [1.82, 2.24) is 10.2 Å². The van der Waals surface area contributed by atoms with Crippen molar-refractivity contribution in [2.24, 2.45) is 0 Å². The van der Waals surface area contributed by atoms with Gasteiger partial charge in [0.05, 0.1) is 17.5 Å². The first-order valence-electron chi connectivity index (χ1n) is 10.7. The Bertz CT molecular complexity index is 1080. The molecule has 0 unspecified atom stereocenters. The SMILES string of the molecule is C[C@@H](C(=O)NCc1cccc(CN2CCCC2)c1)N(c1cccc(C(F)(F)F)c1)S(C)(=O)=O. The fraction of sp³-hybridized carbons (Fsp3) is 0.435. The van der Waals surface area contributed by atoms with E-state index in [0.29, 0.717) is 4.31 Å². The molecule has 3 rings (SSSR count). The summed E-state index contributed by atoms with van der Waals surface area (Å²) < 4.78 is 64.8. The number of hydrogen-bond acceptors (Lipinski definition) is 4. The molecule has 33 heavy (non-hydrogen) atoms. The average Bonchev–Trinajstić information content (AvgIpc) is 3.24. The van der Waals surface area contributed by atoms with Crippen LogP contribution in [-0.2, 0) is 34.1 Å². The summed E-state index contributed by atoms with van der Waals surface area (Å²) in [5, 5.41) is 2.71. The van der Waals surface area contributed by atoms with Crippen LogP contribution >= 0.6 is 0 Å². The van der Waals surface area contributed by atoms with Crippen LogP contribution in [0.3, 0.4) is 0 Å². The van der Waals surface area contributed by atoms with Crippen molar-refractivity contribution in [3.63, 3.8) is 0 Å². The number of carbonyl (C=O) groups is 1. The van der Waals surface area contributed by atoms with Crippen LogP contribution in [0.1, 0.15) is 36.5 Å². The molecule has 1 fully saturated rings. The van der Waals surface area contributed by atoms with Crippen molar-refractivity contribution in [2.45, 2.75) is 45.1 Å². The minimum absolute atomic E-state index is 0.178. The van der Waals surface area contributed by atoms with Gasteiger partial charge in [-0.3, -0.25) is 14.0 Å². The van der Waals surface area contributed by atoms with E-state index in [2.05, 4.69) is 10.2 Å². The molecule has 10 heteroatoms. The van der Waals surface area contributed by atoms with Gasteiger partial charge in [-0.1, -0.05) is 30.3 Å². The maximum absolute atomic E-state index is 13.1. The van der Waals surface area contributed by atoms with Gasteiger partial charge in [0.2, 0.25) is 15.9 Å². The van der Waals surface area contributed by atoms with Crippen molar-refractivity contribution in [3.05, 3.63) is 65.2 Å². The lowest BCUT2D eigenvalue weighted by Crippen LogP contribution is -2.47. The zero-order chi connectivity index (χ0) is 24.2. The summed E-state index contributed by atoms with van der Waals surface area (Å²) in [6.07, 6.45) is -1.39. The molecule has 1 aliphatic rings. The largest absolute Gasteiger partial charge is 0.416 e. The summed E-state index contributed by atoms with van der Waals surface area (Å²) in [4.78, 5) is 15.1. The van der Waals surface area contributed by atoms with E-state index < -0.39 is 33.7 Å². The Hall–Kier alpha value is -2.59. The Kier molecular flexibility index (Phi) is 7.69. The average molecular weight is 484 g/mol. The van der Waals surface area contributed by atoms with Crippen LogP contribution < -0.4 is 9.62 Å². The van der Waals surface area contributed by atoms with Crippen molar-refractivity contribution in [1.29, 1.82) is 0 Å². The third-order valence-corrected chi connectivity index (χ3v) is 6.82. The second kappa shape index (κ2) is 10.1. The van der Waals surface area contributed by atoms with Crippen molar-refractivity contribution in [3.8, 4) is 0 Å². The van der Waals surface area contributed by atoms with Gasteiger partial charge in [0, 0.05) is 13.1 Å². The number of nitrogens with zero attached hydrogens (tertiary/aromatic N) is 2. The van der Waals surface area contributed by atoms with E-state index in [-0.39, 0.29) is 12.2 Å². The van der Waals surface area contributed by atoms with Crippen LogP contribution in [0, 0.1) is 0 Å². The lowest BCUT2D eigenvalue weighted by Gasteiger charge is -2.28. The highest BCUT2D eigenvalue weighted by Gasteiger charge is 2.34. The smallest absolute Gasteiger partial charge is 0.350 e. The summed E-state index contributed by atoms with van der Waals surface area (Å²) >= 11 is 0. The van der Waals surface area contributed by atoms with Crippen LogP contribution in [0.4, 0.5) is 18.9 Å². The number of amides is 1. The topological polar surface area (TPSA) is 69.7 Å². The lowest BCUT2D eigenvalue weighted by molar-refractivity contribution is -0.137. The van der Waals surface area contributed by atoms with E-state index in [1.165, 1.54) is 25.8 Å². The number of carbonyl (C=O) groups excluding carboxylic acids is 1. The van der Waals surface area contributed by atoms with E-state index >= 15 is 0 Å². The molecule has 0 aliphatic carbocycles. The minimum Gasteiger partial charge on any atom is -0.350 e. The van der Waals surface area contributed by atoms with Gasteiger partial charge in [0.25, 0.3) is 0 Å². The summed E-state index contributed by atoms with van der Waals surface area (Å²) in [6.45, 7) is 4.48. The first kappa shape index (κ1) is 25.0. The second-order valence-electron chi connectivity index (χ2n) is 8.30. The first-order chi connectivity index (χ1) is 15.4. The van der Waals surface area contributed by atoms with E-state index in [1.54, 1.807) is 0 Å². The normalized spacial score (nSPS) is 15.9. The molecule has 180 valence electrons. The van der Waals surface area contributed by atoms with Gasteiger partial charge in [-0.2, -0.15) is 13.2 Å². The molecule has 0 saturated carbocycles. The predicted octanol–water partition coefficient (Wildman–Crippen LogP) is 3.77. The number of likely N-dealkylation sites (tertiary alicyclic amines) is 1. The Morgan fingerprint density at radius 2 is 1.73 bits per heavy atom. The molecule has 0 radical (unpaired) electrons. The van der Waals surface area contributed by atoms with E-state index in [1.807, 2.05) is 24.3 Å². The van der Waals surface area contributed by atoms with Crippen molar-refractivity contribution >= 4 is 21.6 Å². The monoisotopic (exact) mass is 483 g/mol. The van der Waals surface area contributed by atoms with E-state index in [9.17, 15) is 26.4 Å². The standard InChI is InChI=1S/C23H28F3N3O3S/c1-17(29(33(2,31)32)21-10-6-9-20(14-21)23(24,25)26)22(30)27-15-18-7-5-8-19(13-18)16-28-11-3-4-12-28/h5-10,13-14,17H,3-4,11-12,15-16H2,1-2H3,(H,27,30)/t17-/m0/s1. The molecular weight excluding hydrogens is 455 g/mol. The number of hydrogen-bond donors (Lipinski definition) is 1. The van der Waals surface area contributed by atoms with Crippen molar-refractivity contribution < 1.29 is 26.4 Å². The Labute approximate surface area is 192 Å². The maximum atomic E-state index is 13.1. The fourth-order valence-electron chi connectivity index (χ4n) is 4.00. The van der Waals surface area contributed by atoms with E-state index in [4.69, 9.17) is 0 Å². The molecule has 0 aromatic heterocycles. The molecule has 2 aromatic carbocycles. The number of benzene rings is 2. The van der Waals surface area contributed by atoms with Gasteiger partial charge in [-0.15, -0.1) is 0 Å². The van der Waals surface area contributed by atoms with Crippen LogP contribution in [0.15, 0.2) is 48.5 Å². The third kappa shape index (κ3) is 6.70. The summed E-state index contributed by atoms with van der Waals surface area (Å²) in [6, 6.07) is 10.5. The zero-order valence-corrected chi connectivity index (χ0v) is 19.4. The summed E-state index contributed by atoms with van der Waals surface area (Å²) in [5.74, 6) is -0.609. The number of nitrogens with one attached hydrogen (secondary N) is 1. The molecule has 6 nitrogen and oxygen atoms in total. The predicted molar refractivity (Wildman–Crippen MR) is 121 cm³/mol. The zero-order valence-electron chi connectivity index (χ0n) is 18.6. The Morgan fingerprint density at radius 1 is 1.09 bits per heavy atom. The van der Waals surface area contributed by atoms with Gasteiger partial charge < -0.3 is 5.32 Å².